The molecule has 2 N–H and O–H groups in total. The molecule has 4 rings (SSSR count). The van der Waals surface area contributed by atoms with E-state index in [0.717, 1.165) is 6.54 Å². The fourth-order valence-corrected chi connectivity index (χ4v) is 3.05. The quantitative estimate of drug-likeness (QED) is 0.888. The second-order valence-corrected chi connectivity index (χ2v) is 5.21. The zero-order valence-corrected chi connectivity index (χ0v) is 10.4. The second-order valence-electron chi connectivity index (χ2n) is 5.21. The zero-order chi connectivity index (χ0) is 12.5. The molecule has 3 nitrogen and oxygen atoms in total. The molecule has 1 unspecified atom stereocenters. The van der Waals surface area contributed by atoms with E-state index in [4.69, 9.17) is 10.5 Å². The van der Waals surface area contributed by atoms with Gasteiger partial charge in [0.05, 0.1) is 0 Å². The van der Waals surface area contributed by atoms with E-state index in [1.807, 2.05) is 6.07 Å². The van der Waals surface area contributed by atoms with Crippen LogP contribution in [-0.4, -0.2) is 30.6 Å². The van der Waals surface area contributed by atoms with Crippen LogP contribution in [0.15, 0.2) is 18.2 Å². The first-order valence-electron chi connectivity index (χ1n) is 6.64. The van der Waals surface area contributed by atoms with Crippen molar-refractivity contribution < 1.29 is 9.13 Å². The molecule has 0 amide bonds. The summed E-state index contributed by atoms with van der Waals surface area (Å²) < 4.78 is 19.7. The summed E-state index contributed by atoms with van der Waals surface area (Å²) >= 11 is 0. The van der Waals surface area contributed by atoms with Crippen LogP contribution in [0.25, 0.3) is 0 Å². The van der Waals surface area contributed by atoms with Crippen LogP contribution >= 0.6 is 0 Å². The number of hydrogen-bond donors (Lipinski definition) is 1. The molecule has 1 atom stereocenters. The van der Waals surface area contributed by atoms with Crippen molar-refractivity contribution >= 4 is 0 Å². The molecule has 0 spiro atoms. The Kier molecular flexibility index (Phi) is 3.22. The minimum atomic E-state index is -0.267. The number of halogens is 1. The Hall–Kier alpha value is -1.13. The number of benzene rings is 1. The Labute approximate surface area is 107 Å². The molecule has 3 fully saturated rings. The number of rotatable bonds is 3. The van der Waals surface area contributed by atoms with E-state index in [0.29, 0.717) is 17.2 Å². The lowest BCUT2D eigenvalue weighted by Gasteiger charge is -2.44. The summed E-state index contributed by atoms with van der Waals surface area (Å²) in [6.07, 6.45) is 2.58. The van der Waals surface area contributed by atoms with Crippen LogP contribution in [0, 0.1) is 11.7 Å². The van der Waals surface area contributed by atoms with Gasteiger partial charge in [0.15, 0.2) is 0 Å². The van der Waals surface area contributed by atoms with Gasteiger partial charge in [-0.25, -0.2) is 4.39 Å². The highest BCUT2D eigenvalue weighted by Gasteiger charge is 2.35. The van der Waals surface area contributed by atoms with Crippen LogP contribution in [0.4, 0.5) is 4.39 Å². The first-order chi connectivity index (χ1) is 8.78. The van der Waals surface area contributed by atoms with Gasteiger partial charge in [-0.3, -0.25) is 4.90 Å². The highest BCUT2D eigenvalue weighted by atomic mass is 19.1. The molecule has 3 aliphatic heterocycles. The standard InChI is InChI=1S/C14H19FN2O/c15-12-2-1-3-13(11(12)8-16)18-14-9-17-6-4-10(14)5-7-17/h1-3,10,14H,4-9,16H2. The highest BCUT2D eigenvalue weighted by molar-refractivity contribution is 5.34. The fraction of sp³-hybridized carbons (Fsp3) is 0.571. The van der Waals surface area contributed by atoms with Gasteiger partial charge < -0.3 is 10.5 Å². The van der Waals surface area contributed by atoms with Crippen LogP contribution in [0.2, 0.25) is 0 Å². The van der Waals surface area contributed by atoms with Crippen molar-refractivity contribution in [1.29, 1.82) is 0 Å². The Morgan fingerprint density at radius 2 is 2.11 bits per heavy atom. The summed E-state index contributed by atoms with van der Waals surface area (Å²) in [6, 6.07) is 4.94. The number of ether oxygens (including phenoxy) is 1. The van der Waals surface area contributed by atoms with Crippen molar-refractivity contribution in [2.75, 3.05) is 19.6 Å². The summed E-state index contributed by atoms with van der Waals surface area (Å²) in [4.78, 5) is 2.42. The average Bonchev–Trinajstić information content (AvgIpc) is 2.40. The maximum atomic E-state index is 13.6. The average molecular weight is 250 g/mol. The molecule has 3 saturated heterocycles. The van der Waals surface area contributed by atoms with E-state index >= 15 is 0 Å². The SMILES string of the molecule is NCc1c(F)cccc1OC1CN2CCC1CC2. The number of nitrogens with zero attached hydrogens (tertiary/aromatic N) is 1. The summed E-state index contributed by atoms with van der Waals surface area (Å²) in [6.45, 7) is 3.50. The predicted octanol–water partition coefficient (Wildman–Crippen LogP) is 1.76. The van der Waals surface area contributed by atoms with Crippen molar-refractivity contribution in [3.05, 3.63) is 29.6 Å². The van der Waals surface area contributed by atoms with E-state index in [1.54, 1.807) is 6.07 Å². The third-order valence-corrected chi connectivity index (χ3v) is 4.15. The Morgan fingerprint density at radius 1 is 1.33 bits per heavy atom. The first kappa shape index (κ1) is 11.9. The van der Waals surface area contributed by atoms with Crippen LogP contribution in [0.1, 0.15) is 18.4 Å². The van der Waals surface area contributed by atoms with Gasteiger partial charge in [0.2, 0.25) is 0 Å². The first-order valence-corrected chi connectivity index (χ1v) is 6.64. The molecule has 2 bridgehead atoms. The lowest BCUT2D eigenvalue weighted by molar-refractivity contribution is -0.00834. The predicted molar refractivity (Wildman–Crippen MR) is 67.9 cm³/mol. The molecule has 4 heteroatoms. The van der Waals surface area contributed by atoms with Crippen LogP contribution < -0.4 is 10.5 Å². The maximum absolute atomic E-state index is 13.6. The van der Waals surface area contributed by atoms with E-state index in [-0.39, 0.29) is 18.5 Å². The van der Waals surface area contributed by atoms with E-state index in [1.165, 1.54) is 32.0 Å². The molecular formula is C14H19FN2O. The Bertz CT molecular complexity index is 430. The van der Waals surface area contributed by atoms with Gasteiger partial charge in [-0.2, -0.15) is 0 Å². The lowest BCUT2D eigenvalue weighted by atomic mass is 9.86. The van der Waals surface area contributed by atoms with Crippen LogP contribution in [-0.2, 0) is 6.54 Å². The van der Waals surface area contributed by atoms with Gasteiger partial charge in [-0.1, -0.05) is 6.07 Å². The fourth-order valence-electron chi connectivity index (χ4n) is 3.05. The summed E-state index contributed by atoms with van der Waals surface area (Å²) in [5.74, 6) is 0.969. The number of piperidine rings is 3. The minimum absolute atomic E-state index is 0.184. The molecule has 0 aliphatic carbocycles. The largest absolute Gasteiger partial charge is 0.488 e. The van der Waals surface area contributed by atoms with Crippen molar-refractivity contribution in [3.8, 4) is 5.75 Å². The van der Waals surface area contributed by atoms with Gasteiger partial charge in [0.1, 0.15) is 17.7 Å². The van der Waals surface area contributed by atoms with E-state index < -0.39 is 0 Å². The summed E-state index contributed by atoms with van der Waals surface area (Å²) in [7, 11) is 0. The van der Waals surface area contributed by atoms with Gasteiger partial charge in [-0.05, 0) is 44.0 Å². The smallest absolute Gasteiger partial charge is 0.131 e. The monoisotopic (exact) mass is 250 g/mol. The van der Waals surface area contributed by atoms with Gasteiger partial charge in [0, 0.05) is 18.7 Å². The number of fused-ring (bicyclic) bond motifs is 3. The molecule has 98 valence electrons. The molecule has 1 aromatic rings. The third-order valence-electron chi connectivity index (χ3n) is 4.15. The lowest BCUT2D eigenvalue weighted by Crippen LogP contribution is -2.52. The Morgan fingerprint density at radius 3 is 2.72 bits per heavy atom. The summed E-state index contributed by atoms with van der Waals surface area (Å²) in [5, 5.41) is 0. The zero-order valence-electron chi connectivity index (χ0n) is 10.4. The molecule has 0 saturated carbocycles. The maximum Gasteiger partial charge on any atom is 0.131 e. The van der Waals surface area contributed by atoms with Gasteiger partial charge in [0.25, 0.3) is 0 Å². The van der Waals surface area contributed by atoms with Crippen molar-refractivity contribution in [2.24, 2.45) is 11.7 Å². The summed E-state index contributed by atoms with van der Waals surface area (Å²) in [5.41, 5.74) is 6.10. The van der Waals surface area contributed by atoms with Crippen LogP contribution in [0.3, 0.4) is 0 Å². The third kappa shape index (κ3) is 2.10. The molecular weight excluding hydrogens is 231 g/mol. The minimum Gasteiger partial charge on any atom is -0.488 e. The number of nitrogens with two attached hydrogens (primary N) is 1. The van der Waals surface area contributed by atoms with E-state index in [9.17, 15) is 4.39 Å². The van der Waals surface area contributed by atoms with Crippen LogP contribution in [0.5, 0.6) is 5.75 Å². The molecule has 3 heterocycles. The van der Waals surface area contributed by atoms with Crippen molar-refractivity contribution in [1.82, 2.24) is 4.90 Å². The number of hydrogen-bond acceptors (Lipinski definition) is 3. The highest BCUT2D eigenvalue weighted by Crippen LogP contribution is 2.32. The van der Waals surface area contributed by atoms with Gasteiger partial charge in [-0.15, -0.1) is 0 Å². The molecule has 3 aliphatic rings. The van der Waals surface area contributed by atoms with E-state index in [2.05, 4.69) is 4.90 Å². The van der Waals surface area contributed by atoms with Gasteiger partial charge >= 0.3 is 0 Å². The molecule has 18 heavy (non-hydrogen) atoms. The topological polar surface area (TPSA) is 38.5 Å². The normalized spacial score (nSPS) is 30.4. The molecule has 0 radical (unpaired) electrons. The second kappa shape index (κ2) is 4.86. The van der Waals surface area contributed by atoms with Crippen molar-refractivity contribution in [2.45, 2.75) is 25.5 Å². The molecule has 1 aromatic carbocycles. The molecule has 0 aromatic heterocycles. The Balaban J connectivity index is 1.78. The van der Waals surface area contributed by atoms with Crippen molar-refractivity contribution in [3.63, 3.8) is 0 Å².